The van der Waals surface area contributed by atoms with Gasteiger partial charge in [-0.1, -0.05) is 23.2 Å². The largest absolute Gasteiger partial charge is 0.293 e. The Hall–Kier alpha value is -1.46. The summed E-state index contributed by atoms with van der Waals surface area (Å²) in [6.07, 6.45) is 1.28. The molecule has 2 aromatic heterocycles. The Balaban J connectivity index is 2.61. The number of rotatable bonds is 1. The van der Waals surface area contributed by atoms with Gasteiger partial charge in [0.15, 0.2) is 5.82 Å². The molecule has 0 amide bonds. The molecule has 0 bridgehead atoms. The first kappa shape index (κ1) is 11.0. The van der Waals surface area contributed by atoms with Crippen molar-refractivity contribution in [2.45, 2.75) is 6.92 Å². The standard InChI is InChI=1S/C9H6Cl2N4O/c1-5-2-3-7(14-13-5)15-9(16)8(11)6(10)4-12-15/h2-4H,1H3. The van der Waals surface area contributed by atoms with Crippen LogP contribution in [0.25, 0.3) is 5.82 Å². The van der Waals surface area contributed by atoms with Crippen molar-refractivity contribution < 1.29 is 0 Å². The van der Waals surface area contributed by atoms with E-state index in [2.05, 4.69) is 15.3 Å². The SMILES string of the molecule is Cc1ccc(-n2ncc(Cl)c(Cl)c2=O)nn1. The van der Waals surface area contributed by atoms with Crippen LogP contribution in [-0.2, 0) is 0 Å². The smallest absolute Gasteiger partial charge is 0.266 e. The lowest BCUT2D eigenvalue weighted by molar-refractivity contribution is 0.756. The lowest BCUT2D eigenvalue weighted by Crippen LogP contribution is -2.22. The average Bonchev–Trinajstić information content (AvgIpc) is 2.28. The summed E-state index contributed by atoms with van der Waals surface area (Å²) in [4.78, 5) is 11.7. The molecule has 0 fully saturated rings. The van der Waals surface area contributed by atoms with Crippen molar-refractivity contribution in [2.75, 3.05) is 0 Å². The van der Waals surface area contributed by atoms with Gasteiger partial charge in [0.25, 0.3) is 5.56 Å². The molecule has 0 aliphatic rings. The highest BCUT2D eigenvalue weighted by atomic mass is 35.5. The molecular formula is C9H6Cl2N4O. The van der Waals surface area contributed by atoms with Crippen LogP contribution in [0, 0.1) is 6.92 Å². The molecule has 0 atom stereocenters. The normalized spacial score (nSPS) is 10.4. The van der Waals surface area contributed by atoms with Crippen molar-refractivity contribution in [1.82, 2.24) is 20.0 Å². The third-order valence-corrected chi connectivity index (χ3v) is 2.63. The summed E-state index contributed by atoms with van der Waals surface area (Å²) in [6, 6.07) is 3.35. The van der Waals surface area contributed by atoms with Gasteiger partial charge in [0.2, 0.25) is 0 Å². The van der Waals surface area contributed by atoms with Crippen molar-refractivity contribution in [3.8, 4) is 5.82 Å². The van der Waals surface area contributed by atoms with Gasteiger partial charge in [-0.25, -0.2) is 0 Å². The summed E-state index contributed by atoms with van der Waals surface area (Å²) >= 11 is 11.4. The van der Waals surface area contributed by atoms with Crippen LogP contribution in [0.4, 0.5) is 0 Å². The summed E-state index contributed by atoms with van der Waals surface area (Å²) in [6.45, 7) is 1.79. The van der Waals surface area contributed by atoms with Gasteiger partial charge >= 0.3 is 0 Å². The maximum absolute atomic E-state index is 11.7. The Morgan fingerprint density at radius 2 is 2.00 bits per heavy atom. The second-order valence-corrected chi connectivity index (χ2v) is 3.84. The van der Waals surface area contributed by atoms with E-state index in [1.165, 1.54) is 6.20 Å². The summed E-state index contributed by atoms with van der Waals surface area (Å²) in [5.41, 5.74) is 0.226. The molecule has 2 aromatic rings. The first-order valence-electron chi connectivity index (χ1n) is 4.33. The molecule has 16 heavy (non-hydrogen) atoms. The Morgan fingerprint density at radius 3 is 2.62 bits per heavy atom. The van der Waals surface area contributed by atoms with E-state index in [1.807, 2.05) is 0 Å². The van der Waals surface area contributed by atoms with Crippen molar-refractivity contribution in [1.29, 1.82) is 0 Å². The molecule has 2 rings (SSSR count). The van der Waals surface area contributed by atoms with E-state index in [-0.39, 0.29) is 10.0 Å². The van der Waals surface area contributed by atoms with Gasteiger partial charge in [0, 0.05) is 0 Å². The molecule has 0 saturated heterocycles. The molecule has 7 heteroatoms. The average molecular weight is 257 g/mol. The highest BCUT2D eigenvalue weighted by Gasteiger charge is 2.09. The van der Waals surface area contributed by atoms with Crippen LogP contribution in [-0.4, -0.2) is 20.0 Å². The maximum atomic E-state index is 11.7. The monoisotopic (exact) mass is 256 g/mol. The molecular weight excluding hydrogens is 251 g/mol. The van der Waals surface area contributed by atoms with E-state index in [9.17, 15) is 4.79 Å². The molecule has 0 unspecified atom stereocenters. The fraction of sp³-hybridized carbons (Fsp3) is 0.111. The lowest BCUT2D eigenvalue weighted by atomic mass is 10.4. The third-order valence-electron chi connectivity index (χ3n) is 1.88. The fourth-order valence-electron chi connectivity index (χ4n) is 1.08. The van der Waals surface area contributed by atoms with Crippen LogP contribution in [0.5, 0.6) is 0 Å². The van der Waals surface area contributed by atoms with E-state index in [0.717, 1.165) is 10.4 Å². The predicted octanol–water partition coefficient (Wildman–Crippen LogP) is 1.64. The van der Waals surface area contributed by atoms with Gasteiger partial charge < -0.3 is 0 Å². The lowest BCUT2D eigenvalue weighted by Gasteiger charge is -2.03. The van der Waals surface area contributed by atoms with Crippen LogP contribution < -0.4 is 5.56 Å². The molecule has 0 aromatic carbocycles. The molecule has 82 valence electrons. The van der Waals surface area contributed by atoms with Gasteiger partial charge in [0.1, 0.15) is 5.02 Å². The van der Waals surface area contributed by atoms with Crippen molar-refractivity contribution in [3.05, 3.63) is 44.4 Å². The van der Waals surface area contributed by atoms with E-state index in [0.29, 0.717) is 5.82 Å². The van der Waals surface area contributed by atoms with Gasteiger partial charge in [-0.15, -0.1) is 5.10 Å². The molecule has 5 nitrogen and oxygen atoms in total. The summed E-state index contributed by atoms with van der Waals surface area (Å²) in [5.74, 6) is 0.300. The number of hydrogen-bond acceptors (Lipinski definition) is 4. The zero-order valence-corrected chi connectivity index (χ0v) is 9.70. The van der Waals surface area contributed by atoms with Crippen molar-refractivity contribution in [2.24, 2.45) is 0 Å². The minimum atomic E-state index is -0.521. The van der Waals surface area contributed by atoms with Crippen molar-refractivity contribution in [3.63, 3.8) is 0 Å². The quantitative estimate of drug-likeness (QED) is 0.779. The predicted molar refractivity (Wildman–Crippen MR) is 60.2 cm³/mol. The Morgan fingerprint density at radius 1 is 1.25 bits per heavy atom. The number of halogens is 2. The third kappa shape index (κ3) is 1.91. The topological polar surface area (TPSA) is 60.7 Å². The Kier molecular flexibility index (Phi) is 2.89. The highest BCUT2D eigenvalue weighted by Crippen LogP contribution is 2.15. The second-order valence-electron chi connectivity index (χ2n) is 3.06. The first-order valence-corrected chi connectivity index (χ1v) is 5.09. The van der Waals surface area contributed by atoms with Gasteiger partial charge in [0.05, 0.1) is 16.9 Å². The van der Waals surface area contributed by atoms with Crippen LogP contribution >= 0.6 is 23.2 Å². The van der Waals surface area contributed by atoms with Crippen molar-refractivity contribution >= 4 is 23.2 Å². The maximum Gasteiger partial charge on any atom is 0.293 e. The molecule has 2 heterocycles. The summed E-state index contributed by atoms with van der Waals surface area (Å²) in [5, 5.41) is 11.5. The van der Waals surface area contributed by atoms with Crippen LogP contribution in [0.2, 0.25) is 10.0 Å². The van der Waals surface area contributed by atoms with E-state index < -0.39 is 5.56 Å². The van der Waals surface area contributed by atoms with Gasteiger partial charge in [-0.05, 0) is 19.1 Å². The number of aryl methyl sites for hydroxylation is 1. The summed E-state index contributed by atoms with van der Waals surface area (Å²) in [7, 11) is 0. The molecule has 0 saturated carbocycles. The van der Waals surface area contributed by atoms with E-state index >= 15 is 0 Å². The number of hydrogen-bond donors (Lipinski definition) is 0. The van der Waals surface area contributed by atoms with Gasteiger partial charge in [-0.2, -0.15) is 14.9 Å². The zero-order valence-electron chi connectivity index (χ0n) is 8.19. The van der Waals surface area contributed by atoms with E-state index in [4.69, 9.17) is 23.2 Å². The Labute approximate surface area is 101 Å². The summed E-state index contributed by atoms with van der Waals surface area (Å²) < 4.78 is 1.04. The van der Waals surface area contributed by atoms with Crippen LogP contribution in [0.15, 0.2) is 23.1 Å². The molecule has 0 radical (unpaired) electrons. The Bertz CT molecular complexity index is 579. The number of nitrogens with zero attached hydrogens (tertiary/aromatic N) is 4. The highest BCUT2D eigenvalue weighted by molar-refractivity contribution is 6.41. The van der Waals surface area contributed by atoms with E-state index in [1.54, 1.807) is 19.1 Å². The molecule has 0 aliphatic carbocycles. The fourth-order valence-corrected chi connectivity index (χ4v) is 1.33. The minimum Gasteiger partial charge on any atom is -0.266 e. The molecule has 0 N–H and O–H groups in total. The number of aromatic nitrogens is 4. The molecule has 0 spiro atoms. The van der Waals surface area contributed by atoms with Crippen LogP contribution in [0.3, 0.4) is 0 Å². The van der Waals surface area contributed by atoms with Gasteiger partial charge in [-0.3, -0.25) is 4.79 Å². The minimum absolute atomic E-state index is 0.0842. The van der Waals surface area contributed by atoms with Crippen LogP contribution in [0.1, 0.15) is 5.69 Å². The molecule has 0 aliphatic heterocycles. The first-order chi connectivity index (χ1) is 7.59. The zero-order chi connectivity index (χ0) is 11.7. The second kappa shape index (κ2) is 4.19.